The van der Waals surface area contributed by atoms with Gasteiger partial charge in [0, 0.05) is 0 Å². The van der Waals surface area contributed by atoms with Crippen LogP contribution in [0.4, 0.5) is 0 Å². The van der Waals surface area contributed by atoms with Gasteiger partial charge in [0.2, 0.25) is 0 Å². The van der Waals surface area contributed by atoms with E-state index in [2.05, 4.69) is 12.6 Å². The van der Waals surface area contributed by atoms with Gasteiger partial charge in [0.05, 0.1) is 6.07 Å². The minimum atomic E-state index is 0. The third kappa shape index (κ3) is 8.89. The van der Waals surface area contributed by atoms with Crippen molar-refractivity contribution in [1.29, 1.82) is 5.26 Å². The zero-order chi connectivity index (χ0) is 4.12. The molecule has 3 heteroatoms. The smallest absolute Gasteiger partial charge is 0.787 e. The molecule has 0 saturated carbocycles. The predicted octanol–water partition coefficient (Wildman–Crippen LogP) is 0.568. The molecule has 0 saturated heterocycles. The van der Waals surface area contributed by atoms with Gasteiger partial charge in [-0.25, -0.2) is 5.41 Å². The van der Waals surface area contributed by atoms with Crippen LogP contribution in [0.1, 0.15) is 0 Å². The average molecular weight is 192 g/mol. The standard InChI is InChI=1S/C3H3NS.Ag/c4-2-1-3-5;/h1,3,5H;/q;+1/p-1/b3-1-;. The van der Waals surface area contributed by atoms with E-state index in [-0.39, 0.29) is 22.4 Å². The molecular formula is C3H2AgNS. The Morgan fingerprint density at radius 1 is 1.67 bits per heavy atom. The molecule has 0 fully saturated rings. The Hall–Kier alpha value is 0.190. The van der Waals surface area contributed by atoms with Crippen molar-refractivity contribution in [2.24, 2.45) is 0 Å². The molecule has 0 N–H and O–H groups in total. The van der Waals surface area contributed by atoms with Crippen LogP contribution in [0.25, 0.3) is 0 Å². The fraction of sp³-hybridized carbons (Fsp3) is 0. The molecule has 0 aromatic rings. The van der Waals surface area contributed by atoms with E-state index in [1.807, 2.05) is 0 Å². The van der Waals surface area contributed by atoms with E-state index in [4.69, 9.17) is 5.26 Å². The second-order valence-electron chi connectivity index (χ2n) is 0.432. The molecule has 0 spiro atoms. The van der Waals surface area contributed by atoms with Crippen molar-refractivity contribution in [3.05, 3.63) is 11.5 Å². The zero-order valence-electron chi connectivity index (χ0n) is 2.81. The van der Waals surface area contributed by atoms with E-state index in [1.54, 1.807) is 6.07 Å². The van der Waals surface area contributed by atoms with Gasteiger partial charge < -0.3 is 12.6 Å². The average Bonchev–Trinajstić information content (AvgIpc) is 1.41. The molecule has 0 aliphatic carbocycles. The van der Waals surface area contributed by atoms with Crippen molar-refractivity contribution in [3.8, 4) is 6.07 Å². The monoisotopic (exact) mass is 191 g/mol. The van der Waals surface area contributed by atoms with Crippen molar-refractivity contribution < 1.29 is 22.4 Å². The molecule has 6 heavy (non-hydrogen) atoms. The van der Waals surface area contributed by atoms with Crippen LogP contribution in [0, 0.1) is 11.3 Å². The first-order valence-corrected chi connectivity index (χ1v) is 1.55. The van der Waals surface area contributed by atoms with Crippen LogP contribution >= 0.6 is 0 Å². The van der Waals surface area contributed by atoms with Gasteiger partial charge in [-0.15, -0.1) is 0 Å². The van der Waals surface area contributed by atoms with Crippen LogP contribution in [0.15, 0.2) is 11.5 Å². The molecule has 0 aliphatic rings. The molecule has 0 amide bonds. The predicted molar refractivity (Wildman–Crippen MR) is 22.1 cm³/mol. The second-order valence-corrected chi connectivity index (χ2v) is 0.704. The Kier molecular flexibility index (Phi) is 14.2. The van der Waals surface area contributed by atoms with Gasteiger partial charge in [-0.05, 0) is 6.08 Å². The van der Waals surface area contributed by atoms with E-state index in [1.165, 1.54) is 11.5 Å². The first-order chi connectivity index (χ1) is 2.41. The van der Waals surface area contributed by atoms with Crippen molar-refractivity contribution in [2.45, 2.75) is 0 Å². The Bertz CT molecular complexity index is 73.4. The van der Waals surface area contributed by atoms with Crippen molar-refractivity contribution in [1.82, 2.24) is 0 Å². The molecule has 0 aromatic heterocycles. The quantitative estimate of drug-likeness (QED) is 0.318. The van der Waals surface area contributed by atoms with Gasteiger partial charge in [-0.1, -0.05) is 0 Å². The number of nitrogens with zero attached hydrogens (tertiary/aromatic N) is 1. The van der Waals surface area contributed by atoms with Crippen LogP contribution in [0.3, 0.4) is 0 Å². The number of nitriles is 1. The first kappa shape index (κ1) is 9.50. The van der Waals surface area contributed by atoms with Gasteiger partial charge in [-0.2, -0.15) is 5.26 Å². The largest absolute Gasteiger partial charge is 1.00 e. The molecule has 0 heterocycles. The summed E-state index contributed by atoms with van der Waals surface area (Å²) >= 11 is 4.25. The normalized spacial score (nSPS) is 6.50. The van der Waals surface area contributed by atoms with Gasteiger partial charge in [-0.3, -0.25) is 0 Å². The summed E-state index contributed by atoms with van der Waals surface area (Å²) in [6.45, 7) is 0. The van der Waals surface area contributed by atoms with Gasteiger partial charge >= 0.3 is 22.4 Å². The van der Waals surface area contributed by atoms with E-state index >= 15 is 0 Å². The first-order valence-electron chi connectivity index (χ1n) is 1.08. The fourth-order valence-electron chi connectivity index (χ4n) is 0.0304. The molecule has 36 valence electrons. The zero-order valence-corrected chi connectivity index (χ0v) is 5.11. The molecule has 0 atom stereocenters. The Balaban J connectivity index is 0. The summed E-state index contributed by atoms with van der Waals surface area (Å²) in [7, 11) is 0. The summed E-state index contributed by atoms with van der Waals surface area (Å²) in [4.78, 5) is 0. The number of hydrogen-bond donors (Lipinski definition) is 0. The van der Waals surface area contributed by atoms with Crippen LogP contribution in [0.2, 0.25) is 0 Å². The molecule has 0 radical (unpaired) electrons. The Morgan fingerprint density at radius 2 is 2.17 bits per heavy atom. The Morgan fingerprint density at radius 3 is 2.17 bits per heavy atom. The van der Waals surface area contributed by atoms with Crippen LogP contribution in [0.5, 0.6) is 0 Å². The van der Waals surface area contributed by atoms with Crippen molar-refractivity contribution in [3.63, 3.8) is 0 Å². The number of allylic oxidation sites excluding steroid dienone is 1. The van der Waals surface area contributed by atoms with Gasteiger partial charge in [0.15, 0.2) is 0 Å². The molecular weight excluding hydrogens is 190 g/mol. The van der Waals surface area contributed by atoms with E-state index in [0.717, 1.165) is 0 Å². The Labute approximate surface area is 58.0 Å². The topological polar surface area (TPSA) is 23.8 Å². The second kappa shape index (κ2) is 8.95. The number of rotatable bonds is 0. The van der Waals surface area contributed by atoms with Gasteiger partial charge in [0.1, 0.15) is 0 Å². The molecule has 0 bridgehead atoms. The number of hydrogen-bond acceptors (Lipinski definition) is 2. The third-order valence-electron chi connectivity index (χ3n) is 0.143. The van der Waals surface area contributed by atoms with Crippen molar-refractivity contribution in [2.75, 3.05) is 0 Å². The minimum absolute atomic E-state index is 0. The summed E-state index contributed by atoms with van der Waals surface area (Å²) in [5.41, 5.74) is 0. The summed E-state index contributed by atoms with van der Waals surface area (Å²) in [5.74, 6) is 0. The molecule has 0 aliphatic heterocycles. The van der Waals surface area contributed by atoms with Gasteiger partial charge in [0.25, 0.3) is 0 Å². The maximum absolute atomic E-state index is 7.66. The fourth-order valence-corrected chi connectivity index (χ4v) is 0.0913. The molecule has 0 rings (SSSR count). The SMILES string of the molecule is N#C/C=C\[S-].[Ag+]. The minimum Gasteiger partial charge on any atom is -0.787 e. The summed E-state index contributed by atoms with van der Waals surface area (Å²) in [6.07, 6.45) is 1.25. The van der Waals surface area contributed by atoms with Crippen LogP contribution < -0.4 is 0 Å². The third-order valence-corrected chi connectivity index (χ3v) is 0.279. The van der Waals surface area contributed by atoms with Crippen LogP contribution in [-0.2, 0) is 35.0 Å². The molecule has 0 aromatic carbocycles. The summed E-state index contributed by atoms with van der Waals surface area (Å²) in [6, 6.07) is 1.73. The van der Waals surface area contributed by atoms with E-state index in [0.29, 0.717) is 0 Å². The van der Waals surface area contributed by atoms with E-state index in [9.17, 15) is 0 Å². The molecule has 1 nitrogen and oxygen atoms in total. The van der Waals surface area contributed by atoms with Crippen molar-refractivity contribution >= 4 is 12.6 Å². The van der Waals surface area contributed by atoms with E-state index < -0.39 is 0 Å². The maximum Gasteiger partial charge on any atom is 1.00 e. The summed E-state index contributed by atoms with van der Waals surface area (Å²) < 4.78 is 0. The molecule has 0 unspecified atom stereocenters. The maximum atomic E-state index is 7.66. The summed E-state index contributed by atoms with van der Waals surface area (Å²) in [5, 5.41) is 8.94. The van der Waals surface area contributed by atoms with Crippen LogP contribution in [-0.4, -0.2) is 0 Å².